The molecule has 0 amide bonds. The number of oxime groups is 1. The Bertz CT molecular complexity index is 543. The number of hydrogen-bond acceptors (Lipinski definition) is 11. The number of aliphatic hydroxyl groups excluding tert-OH is 4. The van der Waals surface area contributed by atoms with E-state index in [0.717, 1.165) is 30.4 Å². The van der Waals surface area contributed by atoms with E-state index < -0.39 is 46.9 Å². The third-order valence-electron chi connectivity index (χ3n) is 3.57. The first kappa shape index (κ1) is 23.9. The lowest BCUT2D eigenvalue weighted by molar-refractivity contribution is -0.205. The molecular weight excluding hydrogens is 410 g/mol. The minimum atomic E-state index is -4.78. The second kappa shape index (κ2) is 11.7. The zero-order valence-electron chi connectivity index (χ0n) is 14.2. The third kappa shape index (κ3) is 8.27. The number of unbranched alkanes of at least 4 members (excludes halogenated alkanes) is 2. The van der Waals surface area contributed by atoms with Crippen LogP contribution in [0.15, 0.2) is 5.16 Å². The molecule has 26 heavy (non-hydrogen) atoms. The Labute approximate surface area is 160 Å². The minimum Gasteiger partial charge on any atom is -0.394 e. The SMILES string of the molecule is CSCCCCC/C(=N\OS(=O)(=O)O)SC1OC(CO)C(O)C(O)C1O. The summed E-state index contributed by atoms with van der Waals surface area (Å²) < 4.78 is 39.5. The van der Waals surface area contributed by atoms with Crippen LogP contribution in [0.1, 0.15) is 25.7 Å². The zero-order valence-corrected chi connectivity index (χ0v) is 16.6. The van der Waals surface area contributed by atoms with Crippen LogP contribution in [-0.2, 0) is 19.4 Å². The quantitative estimate of drug-likeness (QED) is 0.0993. The van der Waals surface area contributed by atoms with Crippen molar-refractivity contribution in [3.63, 3.8) is 0 Å². The largest absolute Gasteiger partial charge is 0.466 e. The summed E-state index contributed by atoms with van der Waals surface area (Å²) in [6, 6.07) is 0. The number of aliphatic hydroxyl groups is 4. The van der Waals surface area contributed by atoms with E-state index in [1.54, 1.807) is 11.8 Å². The zero-order chi connectivity index (χ0) is 19.7. The van der Waals surface area contributed by atoms with Crippen molar-refractivity contribution in [2.24, 2.45) is 5.16 Å². The maximum absolute atomic E-state index is 10.7. The molecule has 5 N–H and O–H groups in total. The van der Waals surface area contributed by atoms with Gasteiger partial charge >= 0.3 is 10.4 Å². The molecule has 0 aromatic rings. The van der Waals surface area contributed by atoms with Gasteiger partial charge in [-0.25, -0.2) is 4.28 Å². The topological polar surface area (TPSA) is 166 Å². The van der Waals surface area contributed by atoms with Gasteiger partial charge in [-0.2, -0.15) is 20.2 Å². The van der Waals surface area contributed by atoms with Crippen LogP contribution in [0.4, 0.5) is 0 Å². The van der Waals surface area contributed by atoms with E-state index in [-0.39, 0.29) is 5.04 Å². The molecule has 0 saturated carbocycles. The molecule has 10 nitrogen and oxygen atoms in total. The fourth-order valence-electron chi connectivity index (χ4n) is 2.21. The van der Waals surface area contributed by atoms with E-state index in [9.17, 15) is 28.8 Å². The lowest BCUT2D eigenvalue weighted by Crippen LogP contribution is -2.57. The van der Waals surface area contributed by atoms with Gasteiger partial charge in [-0.3, -0.25) is 4.55 Å². The summed E-state index contributed by atoms with van der Waals surface area (Å²) in [4.78, 5) is 0. The van der Waals surface area contributed by atoms with Crippen LogP contribution in [0.5, 0.6) is 0 Å². The summed E-state index contributed by atoms with van der Waals surface area (Å²) in [7, 11) is -4.78. The monoisotopic (exact) mass is 435 g/mol. The van der Waals surface area contributed by atoms with E-state index in [1.807, 2.05) is 6.26 Å². The molecule has 0 spiro atoms. The number of hydrogen-bond donors (Lipinski definition) is 5. The van der Waals surface area contributed by atoms with E-state index in [2.05, 4.69) is 9.44 Å². The first-order valence-electron chi connectivity index (χ1n) is 7.88. The van der Waals surface area contributed by atoms with Gasteiger partial charge in [-0.1, -0.05) is 23.3 Å². The molecule has 1 aliphatic heterocycles. The predicted octanol–water partition coefficient (Wildman–Crippen LogP) is -0.424. The molecule has 1 fully saturated rings. The van der Waals surface area contributed by atoms with Crippen LogP contribution >= 0.6 is 23.5 Å². The normalized spacial score (nSPS) is 30.4. The molecule has 0 aromatic carbocycles. The van der Waals surface area contributed by atoms with Gasteiger partial charge in [0.05, 0.1) is 6.61 Å². The summed E-state index contributed by atoms with van der Waals surface area (Å²) >= 11 is 2.50. The Morgan fingerprint density at radius 1 is 1.15 bits per heavy atom. The van der Waals surface area contributed by atoms with Crippen molar-refractivity contribution in [3.8, 4) is 0 Å². The molecule has 5 unspecified atom stereocenters. The van der Waals surface area contributed by atoms with Gasteiger partial charge in [0, 0.05) is 0 Å². The van der Waals surface area contributed by atoms with Crippen molar-refractivity contribution < 1.29 is 42.4 Å². The van der Waals surface area contributed by atoms with Gasteiger partial charge in [0.2, 0.25) is 0 Å². The highest BCUT2D eigenvalue weighted by molar-refractivity contribution is 8.14. The number of rotatable bonds is 10. The number of nitrogens with zero attached hydrogens (tertiary/aromatic N) is 1. The average Bonchev–Trinajstić information content (AvgIpc) is 2.58. The highest BCUT2D eigenvalue weighted by atomic mass is 32.3. The molecule has 1 rings (SSSR count). The molecule has 1 aliphatic rings. The minimum absolute atomic E-state index is 0.121. The van der Waals surface area contributed by atoms with Gasteiger partial charge in [0.25, 0.3) is 0 Å². The maximum atomic E-state index is 10.7. The molecule has 0 bridgehead atoms. The molecule has 13 heteroatoms. The first-order valence-corrected chi connectivity index (χ1v) is 11.5. The Morgan fingerprint density at radius 3 is 2.42 bits per heavy atom. The van der Waals surface area contributed by atoms with Crippen LogP contribution in [0.2, 0.25) is 0 Å². The molecule has 5 atom stereocenters. The molecule has 154 valence electrons. The number of ether oxygens (including phenoxy) is 1. The first-order chi connectivity index (χ1) is 12.2. The van der Waals surface area contributed by atoms with Crippen molar-refractivity contribution in [2.75, 3.05) is 18.6 Å². The van der Waals surface area contributed by atoms with Crippen molar-refractivity contribution in [1.29, 1.82) is 0 Å². The molecule has 1 saturated heterocycles. The second-order valence-corrected chi connectivity index (χ2v) is 8.77. The van der Waals surface area contributed by atoms with Crippen LogP contribution in [0.25, 0.3) is 0 Å². The van der Waals surface area contributed by atoms with E-state index in [1.165, 1.54) is 0 Å². The van der Waals surface area contributed by atoms with Crippen molar-refractivity contribution in [1.82, 2.24) is 0 Å². The van der Waals surface area contributed by atoms with Crippen molar-refractivity contribution >= 4 is 39.0 Å². The predicted molar refractivity (Wildman–Crippen MR) is 98.3 cm³/mol. The summed E-state index contributed by atoms with van der Waals surface area (Å²) in [6.45, 7) is -0.579. The van der Waals surface area contributed by atoms with Gasteiger partial charge in [-0.15, -0.1) is 0 Å². The maximum Gasteiger partial charge on any atom is 0.466 e. The smallest absolute Gasteiger partial charge is 0.394 e. The Balaban J connectivity index is 2.76. The van der Waals surface area contributed by atoms with Crippen LogP contribution in [0.3, 0.4) is 0 Å². The second-order valence-electron chi connectivity index (χ2n) is 5.61. The summed E-state index contributed by atoms with van der Waals surface area (Å²) in [5, 5.41) is 42.3. The Kier molecular flexibility index (Phi) is 10.7. The lowest BCUT2D eigenvalue weighted by atomic mass is 10.0. The van der Waals surface area contributed by atoms with Gasteiger partial charge in [0.1, 0.15) is 34.9 Å². The third-order valence-corrected chi connectivity index (χ3v) is 5.71. The van der Waals surface area contributed by atoms with E-state index in [0.29, 0.717) is 12.8 Å². The molecule has 0 aliphatic carbocycles. The Hall–Kier alpha value is -0.120. The molecular formula is C13H25NO9S3. The summed E-state index contributed by atoms with van der Waals surface area (Å²) in [5.74, 6) is 0.980. The number of thioether (sulfide) groups is 2. The molecule has 0 aromatic heterocycles. The van der Waals surface area contributed by atoms with E-state index >= 15 is 0 Å². The van der Waals surface area contributed by atoms with Gasteiger partial charge in [-0.05, 0) is 31.3 Å². The molecule has 0 radical (unpaired) electrons. The van der Waals surface area contributed by atoms with Crippen molar-refractivity contribution in [2.45, 2.75) is 55.5 Å². The van der Waals surface area contributed by atoms with Gasteiger partial charge in [0.15, 0.2) is 0 Å². The highest BCUT2D eigenvalue weighted by Crippen LogP contribution is 2.30. The van der Waals surface area contributed by atoms with Crippen LogP contribution in [-0.4, -0.2) is 86.9 Å². The Morgan fingerprint density at radius 2 is 1.85 bits per heavy atom. The fraction of sp³-hybridized carbons (Fsp3) is 0.923. The van der Waals surface area contributed by atoms with Crippen LogP contribution in [0, 0.1) is 0 Å². The highest BCUT2D eigenvalue weighted by Gasteiger charge is 2.44. The van der Waals surface area contributed by atoms with Crippen molar-refractivity contribution in [3.05, 3.63) is 0 Å². The summed E-state index contributed by atoms with van der Waals surface area (Å²) in [6.07, 6.45) is -0.887. The average molecular weight is 436 g/mol. The van der Waals surface area contributed by atoms with E-state index in [4.69, 9.17) is 9.29 Å². The van der Waals surface area contributed by atoms with Crippen LogP contribution < -0.4 is 0 Å². The lowest BCUT2D eigenvalue weighted by Gasteiger charge is -2.39. The standard InChI is InChI=1S/C13H25NO9S3/c1-24-6-4-2-3-5-9(14-23-26(19,20)21)25-13-12(18)11(17)10(16)8(7-15)22-13/h8,10-13,15-18H,2-7H2,1H3,(H,19,20,21)/b14-9+. The molecule has 1 heterocycles. The fourth-order valence-corrected chi connectivity index (χ4v) is 4.05. The summed E-state index contributed by atoms with van der Waals surface area (Å²) in [5.41, 5.74) is -1.11. The van der Waals surface area contributed by atoms with Gasteiger partial charge < -0.3 is 25.2 Å².